The molecular weight excluding hydrogens is 350 g/mol. The van der Waals surface area contributed by atoms with Crippen LogP contribution in [0.15, 0.2) is 36.4 Å². The number of carbonyl (C=O) groups excluding carboxylic acids is 1. The van der Waals surface area contributed by atoms with E-state index in [0.29, 0.717) is 17.3 Å². The van der Waals surface area contributed by atoms with Gasteiger partial charge in [0.05, 0.1) is 24.8 Å². The zero-order valence-corrected chi connectivity index (χ0v) is 15.0. The van der Waals surface area contributed by atoms with E-state index in [1.54, 1.807) is 13.1 Å². The van der Waals surface area contributed by atoms with Gasteiger partial charge in [0.1, 0.15) is 11.3 Å². The van der Waals surface area contributed by atoms with Crippen molar-refractivity contribution in [3.63, 3.8) is 0 Å². The van der Waals surface area contributed by atoms with Gasteiger partial charge in [0.15, 0.2) is 0 Å². The molecule has 0 spiro atoms. The molecule has 9 nitrogen and oxygen atoms in total. The van der Waals surface area contributed by atoms with E-state index < -0.39 is 23.7 Å². The highest BCUT2D eigenvalue weighted by atomic mass is 16.5. The topological polar surface area (TPSA) is 136 Å². The average Bonchev–Trinajstić information content (AvgIpc) is 3.38. The fourth-order valence-electron chi connectivity index (χ4n) is 2.89. The van der Waals surface area contributed by atoms with Crippen molar-refractivity contribution in [2.45, 2.75) is 38.1 Å². The maximum absolute atomic E-state index is 12.0. The third-order valence-corrected chi connectivity index (χ3v) is 4.44. The number of carboxylic acids is 1. The molecule has 1 atom stereocenters. The minimum absolute atomic E-state index is 0.0902. The molecule has 0 aromatic carbocycles. The standard InChI is InChI=1S/C18H23N5O4/c1-2-27-17(24)7-15(23(20)9-13(19)18(25)26)14-10-22-8-12(11-3-4-11)5-6-16(22)21-14/h5-6,8-11,15H,2-4,7,19-20H2,1H3,(H,25,26)/b13-9-. The molecule has 0 saturated heterocycles. The number of fused-ring (bicyclic) bond motifs is 1. The molecule has 2 aromatic rings. The number of aliphatic carboxylic acids is 1. The lowest BCUT2D eigenvalue weighted by Gasteiger charge is -2.24. The number of ether oxygens (including phenoxy) is 1. The van der Waals surface area contributed by atoms with Crippen molar-refractivity contribution in [2.24, 2.45) is 11.6 Å². The van der Waals surface area contributed by atoms with E-state index in [1.807, 2.05) is 22.7 Å². The Labute approximate surface area is 156 Å². The van der Waals surface area contributed by atoms with Gasteiger partial charge in [0, 0.05) is 18.6 Å². The summed E-state index contributed by atoms with van der Waals surface area (Å²) in [6.45, 7) is 1.94. The molecule has 3 rings (SSSR count). The van der Waals surface area contributed by atoms with Crippen molar-refractivity contribution < 1.29 is 19.4 Å². The summed E-state index contributed by atoms with van der Waals surface area (Å²) >= 11 is 0. The molecule has 1 fully saturated rings. The summed E-state index contributed by atoms with van der Waals surface area (Å²) < 4.78 is 6.89. The number of esters is 1. The van der Waals surface area contributed by atoms with Crippen molar-refractivity contribution in [1.82, 2.24) is 14.4 Å². The number of pyridine rings is 1. The normalized spacial score (nSPS) is 15.6. The quantitative estimate of drug-likeness (QED) is 0.272. The van der Waals surface area contributed by atoms with Crippen LogP contribution in [0.3, 0.4) is 0 Å². The van der Waals surface area contributed by atoms with E-state index >= 15 is 0 Å². The van der Waals surface area contributed by atoms with Crippen LogP contribution in [-0.2, 0) is 14.3 Å². The third-order valence-electron chi connectivity index (χ3n) is 4.44. The van der Waals surface area contributed by atoms with Crippen LogP contribution in [0.2, 0.25) is 0 Å². The van der Waals surface area contributed by atoms with Gasteiger partial charge in [-0.05, 0) is 37.3 Å². The van der Waals surface area contributed by atoms with Crippen LogP contribution in [0.1, 0.15) is 49.4 Å². The Kier molecular flexibility index (Phi) is 5.31. The highest BCUT2D eigenvalue weighted by molar-refractivity contribution is 5.85. The fraction of sp³-hybridized carbons (Fsp3) is 0.389. The first-order valence-electron chi connectivity index (χ1n) is 8.76. The zero-order chi connectivity index (χ0) is 19.6. The van der Waals surface area contributed by atoms with Crippen LogP contribution in [0.5, 0.6) is 0 Å². The summed E-state index contributed by atoms with van der Waals surface area (Å²) in [5, 5.41) is 10.1. The number of nitrogens with zero attached hydrogens (tertiary/aromatic N) is 3. The van der Waals surface area contributed by atoms with Gasteiger partial charge in [-0.2, -0.15) is 0 Å². The van der Waals surface area contributed by atoms with Crippen molar-refractivity contribution in [2.75, 3.05) is 6.61 Å². The molecule has 0 amide bonds. The summed E-state index contributed by atoms with van der Waals surface area (Å²) in [5.74, 6) is 4.83. The number of carbonyl (C=O) groups is 2. The van der Waals surface area contributed by atoms with Gasteiger partial charge in [-0.3, -0.25) is 4.79 Å². The van der Waals surface area contributed by atoms with E-state index in [2.05, 4.69) is 4.98 Å². The fourth-order valence-corrected chi connectivity index (χ4v) is 2.89. The summed E-state index contributed by atoms with van der Waals surface area (Å²) in [7, 11) is 0. The van der Waals surface area contributed by atoms with Gasteiger partial charge in [-0.25, -0.2) is 15.6 Å². The van der Waals surface area contributed by atoms with E-state index in [4.69, 9.17) is 21.4 Å². The van der Waals surface area contributed by atoms with Gasteiger partial charge in [-0.1, -0.05) is 6.07 Å². The van der Waals surface area contributed by atoms with E-state index in [1.165, 1.54) is 18.4 Å². The van der Waals surface area contributed by atoms with Crippen molar-refractivity contribution in [3.05, 3.63) is 47.7 Å². The molecular formula is C18H23N5O4. The number of hydrazine groups is 1. The Morgan fingerprint density at radius 1 is 1.44 bits per heavy atom. The Bertz CT molecular complexity index is 887. The molecule has 0 bridgehead atoms. The maximum Gasteiger partial charge on any atom is 0.353 e. The number of aromatic nitrogens is 2. The van der Waals surface area contributed by atoms with Crippen LogP contribution < -0.4 is 11.6 Å². The number of hydrogen-bond acceptors (Lipinski definition) is 7. The predicted octanol–water partition coefficient (Wildman–Crippen LogP) is 1.27. The predicted molar refractivity (Wildman–Crippen MR) is 97.1 cm³/mol. The molecule has 1 saturated carbocycles. The second-order valence-corrected chi connectivity index (χ2v) is 6.53. The number of hydrogen-bond donors (Lipinski definition) is 3. The molecule has 144 valence electrons. The molecule has 27 heavy (non-hydrogen) atoms. The Balaban J connectivity index is 1.93. The molecule has 1 aliphatic rings. The Morgan fingerprint density at radius 2 is 2.19 bits per heavy atom. The summed E-state index contributed by atoms with van der Waals surface area (Å²) in [5.41, 5.74) is 7.50. The molecule has 2 heterocycles. The van der Waals surface area contributed by atoms with Crippen LogP contribution in [0.4, 0.5) is 0 Å². The maximum atomic E-state index is 12.0. The first-order chi connectivity index (χ1) is 12.9. The molecule has 1 aliphatic carbocycles. The molecule has 1 unspecified atom stereocenters. The van der Waals surface area contributed by atoms with Crippen molar-refractivity contribution in [1.29, 1.82) is 0 Å². The first kappa shape index (κ1) is 18.7. The Morgan fingerprint density at radius 3 is 2.81 bits per heavy atom. The largest absolute Gasteiger partial charge is 0.477 e. The van der Waals surface area contributed by atoms with Gasteiger partial charge < -0.3 is 25.0 Å². The number of carboxylic acid groups (broad SMARTS) is 1. The summed E-state index contributed by atoms with van der Waals surface area (Å²) in [6, 6.07) is 3.25. The Hall–Kier alpha value is -3.07. The van der Waals surface area contributed by atoms with Crippen molar-refractivity contribution >= 4 is 17.6 Å². The second-order valence-electron chi connectivity index (χ2n) is 6.53. The highest BCUT2D eigenvalue weighted by Gasteiger charge is 2.26. The lowest BCUT2D eigenvalue weighted by atomic mass is 10.1. The smallest absolute Gasteiger partial charge is 0.353 e. The third kappa shape index (κ3) is 4.37. The number of nitrogens with two attached hydrogens (primary N) is 2. The van der Waals surface area contributed by atoms with E-state index in [-0.39, 0.29) is 13.0 Å². The van der Waals surface area contributed by atoms with E-state index in [9.17, 15) is 9.59 Å². The number of rotatable bonds is 8. The molecule has 9 heteroatoms. The minimum Gasteiger partial charge on any atom is -0.477 e. The molecule has 2 aromatic heterocycles. The van der Waals surface area contributed by atoms with Crippen LogP contribution >= 0.6 is 0 Å². The van der Waals surface area contributed by atoms with E-state index in [0.717, 1.165) is 11.2 Å². The molecule has 0 aliphatic heterocycles. The molecule has 5 N–H and O–H groups in total. The number of imidazole rings is 1. The monoisotopic (exact) mass is 373 g/mol. The molecule has 0 radical (unpaired) electrons. The van der Waals surface area contributed by atoms with Crippen LogP contribution in [0.25, 0.3) is 5.65 Å². The minimum atomic E-state index is -1.30. The first-order valence-corrected chi connectivity index (χ1v) is 8.76. The zero-order valence-electron chi connectivity index (χ0n) is 15.0. The summed E-state index contributed by atoms with van der Waals surface area (Å²) in [4.78, 5) is 27.5. The van der Waals surface area contributed by atoms with Crippen molar-refractivity contribution in [3.8, 4) is 0 Å². The second kappa shape index (κ2) is 7.67. The average molecular weight is 373 g/mol. The SMILES string of the molecule is CCOC(=O)CC(c1cn2cc(C3CC3)ccc2n1)N(N)/C=C(\N)C(=O)O. The van der Waals surface area contributed by atoms with Gasteiger partial charge in [-0.15, -0.1) is 0 Å². The van der Waals surface area contributed by atoms with Gasteiger partial charge >= 0.3 is 11.9 Å². The highest BCUT2D eigenvalue weighted by Crippen LogP contribution is 2.40. The lowest BCUT2D eigenvalue weighted by molar-refractivity contribution is -0.144. The van der Waals surface area contributed by atoms with Crippen LogP contribution in [0, 0.1) is 0 Å². The van der Waals surface area contributed by atoms with Crippen LogP contribution in [-0.4, -0.2) is 38.0 Å². The van der Waals surface area contributed by atoms with Gasteiger partial charge in [0.2, 0.25) is 0 Å². The summed E-state index contributed by atoms with van der Waals surface area (Å²) in [6.07, 6.45) is 7.17. The lowest BCUT2D eigenvalue weighted by Crippen LogP contribution is -2.34. The van der Waals surface area contributed by atoms with Gasteiger partial charge in [0.25, 0.3) is 0 Å².